The van der Waals surface area contributed by atoms with E-state index in [9.17, 15) is 14.0 Å². The lowest BCUT2D eigenvalue weighted by atomic mass is 10.2. The van der Waals surface area contributed by atoms with Crippen LogP contribution in [-0.2, 0) is 4.79 Å². The Hall–Kier alpha value is -2.70. The summed E-state index contributed by atoms with van der Waals surface area (Å²) in [4.78, 5) is 25.0. The summed E-state index contributed by atoms with van der Waals surface area (Å²) in [5.41, 5.74) is 1.10. The molecule has 24 heavy (non-hydrogen) atoms. The first-order valence-corrected chi connectivity index (χ1v) is 7.65. The first kappa shape index (κ1) is 17.7. The number of rotatable bonds is 6. The Kier molecular flexibility index (Phi) is 5.33. The number of hydrogen-bond donors (Lipinski definition) is 1. The van der Waals surface area contributed by atoms with Gasteiger partial charge >= 0.3 is 5.97 Å². The Morgan fingerprint density at radius 3 is 2.58 bits per heavy atom. The second-order valence-corrected chi connectivity index (χ2v) is 5.74. The Morgan fingerprint density at radius 1 is 1.33 bits per heavy atom. The van der Waals surface area contributed by atoms with Crippen LogP contribution in [0.1, 0.15) is 36.3 Å². The molecule has 7 heteroatoms. The van der Waals surface area contributed by atoms with Gasteiger partial charge in [0.2, 0.25) is 0 Å². The third kappa shape index (κ3) is 3.61. The van der Waals surface area contributed by atoms with E-state index >= 15 is 0 Å². The molecule has 0 radical (unpaired) electrons. The predicted molar refractivity (Wildman–Crippen MR) is 86.7 cm³/mol. The van der Waals surface area contributed by atoms with Crippen LogP contribution in [0.4, 0.5) is 4.39 Å². The number of hydrogen-bond acceptors (Lipinski definition) is 3. The van der Waals surface area contributed by atoms with Crippen molar-refractivity contribution in [1.29, 1.82) is 0 Å². The summed E-state index contributed by atoms with van der Waals surface area (Å²) in [5.74, 6) is -1.71. The standard InChI is InChI=1S/C17H20FN3O3/c1-11(2)20(9-8-16(22)23)17(24)13-10-19-21(12(13)3)15-7-5-4-6-14(15)18/h4-7,10-11H,8-9H2,1-3H3,(H,22,23). The normalized spacial score (nSPS) is 10.9. The monoisotopic (exact) mass is 333 g/mol. The highest BCUT2D eigenvalue weighted by atomic mass is 19.1. The van der Waals surface area contributed by atoms with Gasteiger partial charge in [0.05, 0.1) is 23.9 Å². The molecule has 2 aromatic rings. The van der Waals surface area contributed by atoms with Crippen LogP contribution >= 0.6 is 0 Å². The lowest BCUT2D eigenvalue weighted by Crippen LogP contribution is -2.38. The number of para-hydroxylation sites is 1. The third-order valence-corrected chi connectivity index (χ3v) is 3.77. The molecule has 128 valence electrons. The van der Waals surface area contributed by atoms with Crippen LogP contribution in [0.5, 0.6) is 0 Å². The molecule has 0 fully saturated rings. The van der Waals surface area contributed by atoms with Gasteiger partial charge in [-0.25, -0.2) is 9.07 Å². The number of amides is 1. The quantitative estimate of drug-likeness (QED) is 0.882. The van der Waals surface area contributed by atoms with Crippen molar-refractivity contribution in [3.05, 3.63) is 47.5 Å². The number of aromatic nitrogens is 2. The van der Waals surface area contributed by atoms with Crippen LogP contribution in [0.15, 0.2) is 30.5 Å². The lowest BCUT2D eigenvalue weighted by molar-refractivity contribution is -0.137. The van der Waals surface area contributed by atoms with E-state index in [1.807, 2.05) is 13.8 Å². The lowest BCUT2D eigenvalue weighted by Gasteiger charge is -2.26. The summed E-state index contributed by atoms with van der Waals surface area (Å²) >= 11 is 0. The average molecular weight is 333 g/mol. The molecular formula is C17H20FN3O3. The molecule has 1 N–H and O–H groups in total. The predicted octanol–water partition coefficient (Wildman–Crippen LogP) is 2.65. The van der Waals surface area contributed by atoms with Crippen LogP contribution < -0.4 is 0 Å². The largest absolute Gasteiger partial charge is 0.481 e. The number of benzene rings is 1. The van der Waals surface area contributed by atoms with E-state index in [2.05, 4.69) is 5.10 Å². The Balaban J connectivity index is 2.33. The zero-order chi connectivity index (χ0) is 17.9. The Bertz CT molecular complexity index is 755. The molecule has 1 aromatic heterocycles. The van der Waals surface area contributed by atoms with Gasteiger partial charge in [-0.15, -0.1) is 0 Å². The molecule has 0 atom stereocenters. The second kappa shape index (κ2) is 7.25. The maximum absolute atomic E-state index is 13.9. The van der Waals surface area contributed by atoms with Gasteiger partial charge in [-0.3, -0.25) is 9.59 Å². The summed E-state index contributed by atoms with van der Waals surface area (Å²) in [6.07, 6.45) is 1.25. The fourth-order valence-corrected chi connectivity index (χ4v) is 2.45. The molecule has 6 nitrogen and oxygen atoms in total. The number of halogens is 1. The molecule has 1 heterocycles. The first-order chi connectivity index (χ1) is 11.3. The van der Waals surface area contributed by atoms with E-state index in [0.29, 0.717) is 11.3 Å². The highest BCUT2D eigenvalue weighted by molar-refractivity contribution is 5.95. The van der Waals surface area contributed by atoms with Gasteiger partial charge in [-0.1, -0.05) is 12.1 Å². The Morgan fingerprint density at radius 2 is 2.00 bits per heavy atom. The van der Waals surface area contributed by atoms with E-state index in [1.54, 1.807) is 25.1 Å². The molecule has 0 aliphatic heterocycles. The highest BCUT2D eigenvalue weighted by Gasteiger charge is 2.24. The van der Waals surface area contributed by atoms with Crippen LogP contribution in [0.2, 0.25) is 0 Å². The highest BCUT2D eigenvalue weighted by Crippen LogP contribution is 2.19. The number of aliphatic carboxylic acids is 1. The summed E-state index contributed by atoms with van der Waals surface area (Å²) < 4.78 is 15.3. The van der Waals surface area contributed by atoms with Gasteiger partial charge in [0.1, 0.15) is 11.5 Å². The van der Waals surface area contributed by atoms with Crippen molar-refractivity contribution in [3.8, 4) is 5.69 Å². The van der Waals surface area contributed by atoms with Crippen LogP contribution in [-0.4, -0.2) is 44.3 Å². The van der Waals surface area contributed by atoms with E-state index in [1.165, 1.54) is 21.8 Å². The van der Waals surface area contributed by atoms with Crippen molar-refractivity contribution >= 4 is 11.9 Å². The smallest absolute Gasteiger partial charge is 0.305 e. The van der Waals surface area contributed by atoms with Gasteiger partial charge < -0.3 is 10.0 Å². The fraction of sp³-hybridized carbons (Fsp3) is 0.353. The van der Waals surface area contributed by atoms with Gasteiger partial charge in [0.25, 0.3) is 5.91 Å². The van der Waals surface area contributed by atoms with E-state index in [4.69, 9.17) is 5.11 Å². The van der Waals surface area contributed by atoms with Crippen molar-refractivity contribution in [2.75, 3.05) is 6.54 Å². The average Bonchev–Trinajstić information content (AvgIpc) is 2.88. The summed E-state index contributed by atoms with van der Waals surface area (Å²) in [6.45, 7) is 5.42. The molecular weight excluding hydrogens is 313 g/mol. The molecule has 0 aliphatic carbocycles. The molecule has 0 unspecified atom stereocenters. The molecule has 1 aromatic carbocycles. The van der Waals surface area contributed by atoms with Gasteiger partial charge in [-0.05, 0) is 32.9 Å². The molecule has 0 bridgehead atoms. The zero-order valence-corrected chi connectivity index (χ0v) is 13.9. The van der Waals surface area contributed by atoms with Gasteiger partial charge in [0.15, 0.2) is 0 Å². The molecule has 1 amide bonds. The number of nitrogens with zero attached hydrogens (tertiary/aromatic N) is 3. The maximum atomic E-state index is 13.9. The van der Waals surface area contributed by atoms with E-state index < -0.39 is 11.8 Å². The third-order valence-electron chi connectivity index (χ3n) is 3.77. The topological polar surface area (TPSA) is 75.4 Å². The molecule has 0 saturated heterocycles. The van der Waals surface area contributed by atoms with Gasteiger partial charge in [0, 0.05) is 12.6 Å². The SMILES string of the molecule is Cc1c(C(=O)N(CCC(=O)O)C(C)C)cnn1-c1ccccc1F. The minimum absolute atomic E-state index is 0.107. The van der Waals surface area contributed by atoms with Crippen molar-refractivity contribution in [2.24, 2.45) is 0 Å². The fourth-order valence-electron chi connectivity index (χ4n) is 2.45. The second-order valence-electron chi connectivity index (χ2n) is 5.74. The number of carbonyl (C=O) groups excluding carboxylic acids is 1. The summed E-state index contributed by atoms with van der Waals surface area (Å²) in [7, 11) is 0. The Labute approximate surface area is 139 Å². The molecule has 0 spiro atoms. The molecule has 2 rings (SSSR count). The van der Waals surface area contributed by atoms with Crippen LogP contribution in [0.25, 0.3) is 5.69 Å². The van der Waals surface area contributed by atoms with Crippen LogP contribution in [0, 0.1) is 12.7 Å². The number of carboxylic acid groups (broad SMARTS) is 1. The van der Waals surface area contributed by atoms with Crippen molar-refractivity contribution in [1.82, 2.24) is 14.7 Å². The minimum atomic E-state index is -0.966. The van der Waals surface area contributed by atoms with Crippen LogP contribution in [0.3, 0.4) is 0 Å². The van der Waals surface area contributed by atoms with E-state index in [0.717, 1.165) is 0 Å². The van der Waals surface area contributed by atoms with Crippen molar-refractivity contribution in [3.63, 3.8) is 0 Å². The summed E-state index contributed by atoms with van der Waals surface area (Å²) in [5, 5.41) is 13.0. The van der Waals surface area contributed by atoms with Crippen molar-refractivity contribution < 1.29 is 19.1 Å². The van der Waals surface area contributed by atoms with Gasteiger partial charge in [-0.2, -0.15) is 5.10 Å². The molecule has 0 saturated carbocycles. The maximum Gasteiger partial charge on any atom is 0.305 e. The first-order valence-electron chi connectivity index (χ1n) is 7.65. The zero-order valence-electron chi connectivity index (χ0n) is 13.9. The summed E-state index contributed by atoms with van der Waals surface area (Å²) in [6, 6.07) is 6.01. The molecule has 0 aliphatic rings. The minimum Gasteiger partial charge on any atom is -0.481 e. The number of carbonyl (C=O) groups is 2. The number of carboxylic acids is 1. The van der Waals surface area contributed by atoms with E-state index in [-0.39, 0.29) is 30.6 Å². The van der Waals surface area contributed by atoms with Crippen molar-refractivity contribution in [2.45, 2.75) is 33.2 Å².